The van der Waals surface area contributed by atoms with Gasteiger partial charge in [0.25, 0.3) is 0 Å². The summed E-state index contributed by atoms with van der Waals surface area (Å²) in [5, 5.41) is 0. The molecule has 0 atom stereocenters. The van der Waals surface area contributed by atoms with Crippen molar-refractivity contribution in [2.75, 3.05) is 13.2 Å². The minimum Gasteiger partial charge on any atom is -0.489 e. The van der Waals surface area contributed by atoms with E-state index in [1.165, 1.54) is 0 Å². The number of halogens is 2. The van der Waals surface area contributed by atoms with Crippen LogP contribution in [-0.2, 0) is 10.6 Å². The van der Waals surface area contributed by atoms with E-state index in [4.69, 9.17) is 21.1 Å². The van der Waals surface area contributed by atoms with E-state index in [2.05, 4.69) is 15.9 Å². The molecule has 1 aliphatic rings. The molecule has 0 unspecified atom stereocenters. The van der Waals surface area contributed by atoms with Gasteiger partial charge < -0.3 is 9.47 Å². The van der Waals surface area contributed by atoms with Gasteiger partial charge in [-0.3, -0.25) is 0 Å². The van der Waals surface area contributed by atoms with E-state index in [1.54, 1.807) is 0 Å². The molecular formula is C12H14BrClO2. The largest absolute Gasteiger partial charge is 0.489 e. The normalized spacial score (nSPS) is 17.4. The molecule has 0 amide bonds. The second-order valence-electron chi connectivity index (χ2n) is 3.83. The van der Waals surface area contributed by atoms with E-state index >= 15 is 0 Å². The zero-order valence-corrected chi connectivity index (χ0v) is 11.3. The van der Waals surface area contributed by atoms with Crippen LogP contribution in [0.25, 0.3) is 0 Å². The third-order valence-corrected chi connectivity index (χ3v) is 3.54. The lowest BCUT2D eigenvalue weighted by atomic mass is 10.1. The topological polar surface area (TPSA) is 18.5 Å². The average molecular weight is 306 g/mol. The van der Waals surface area contributed by atoms with Crippen molar-refractivity contribution >= 4 is 27.5 Å². The van der Waals surface area contributed by atoms with Crippen LogP contribution in [0.2, 0.25) is 0 Å². The van der Waals surface area contributed by atoms with Gasteiger partial charge in [-0.25, -0.2) is 0 Å². The molecule has 2 rings (SSSR count). The molecule has 0 saturated carbocycles. The zero-order chi connectivity index (χ0) is 11.4. The van der Waals surface area contributed by atoms with Gasteiger partial charge >= 0.3 is 0 Å². The second-order valence-corrected chi connectivity index (χ2v) is 4.95. The molecule has 1 saturated heterocycles. The Morgan fingerprint density at radius 1 is 1.38 bits per heavy atom. The van der Waals surface area contributed by atoms with Crippen LogP contribution in [0, 0.1) is 0 Å². The van der Waals surface area contributed by atoms with Crippen molar-refractivity contribution in [2.24, 2.45) is 0 Å². The van der Waals surface area contributed by atoms with Crippen LogP contribution in [-0.4, -0.2) is 19.3 Å². The lowest BCUT2D eigenvalue weighted by Crippen LogP contribution is -2.25. The SMILES string of the molecule is ClCc1ccc(OC2CCOCC2)c(Br)c1. The summed E-state index contributed by atoms with van der Waals surface area (Å²) in [5.74, 6) is 1.41. The molecule has 0 spiro atoms. The lowest BCUT2D eigenvalue weighted by molar-refractivity contribution is 0.0252. The summed E-state index contributed by atoms with van der Waals surface area (Å²) in [6.45, 7) is 1.59. The minimum absolute atomic E-state index is 0.270. The van der Waals surface area contributed by atoms with Crippen LogP contribution in [0.3, 0.4) is 0 Å². The molecule has 16 heavy (non-hydrogen) atoms. The molecule has 0 radical (unpaired) electrons. The number of benzene rings is 1. The zero-order valence-electron chi connectivity index (χ0n) is 8.92. The quantitative estimate of drug-likeness (QED) is 0.792. The number of alkyl halides is 1. The fraction of sp³-hybridized carbons (Fsp3) is 0.500. The van der Waals surface area contributed by atoms with Crippen LogP contribution in [0.1, 0.15) is 18.4 Å². The van der Waals surface area contributed by atoms with Gasteiger partial charge in [0.15, 0.2) is 0 Å². The maximum atomic E-state index is 5.92. The van der Waals surface area contributed by atoms with Crippen LogP contribution in [0.4, 0.5) is 0 Å². The lowest BCUT2D eigenvalue weighted by Gasteiger charge is -2.23. The van der Waals surface area contributed by atoms with Gasteiger partial charge in [0.2, 0.25) is 0 Å². The fourth-order valence-electron chi connectivity index (χ4n) is 1.70. The van der Waals surface area contributed by atoms with Crippen molar-refractivity contribution in [3.05, 3.63) is 28.2 Å². The monoisotopic (exact) mass is 304 g/mol. The van der Waals surface area contributed by atoms with Crippen molar-refractivity contribution in [1.29, 1.82) is 0 Å². The Labute approximate surface area is 109 Å². The first kappa shape index (κ1) is 12.2. The number of ether oxygens (including phenoxy) is 2. The van der Waals surface area contributed by atoms with Gasteiger partial charge in [-0.2, -0.15) is 0 Å². The summed E-state index contributed by atoms with van der Waals surface area (Å²) in [6, 6.07) is 5.96. The summed E-state index contributed by atoms with van der Waals surface area (Å²) in [7, 11) is 0. The Balaban J connectivity index is 2.03. The molecule has 0 bridgehead atoms. The van der Waals surface area contributed by atoms with E-state index in [0.29, 0.717) is 5.88 Å². The fourth-order valence-corrected chi connectivity index (χ4v) is 2.38. The molecule has 88 valence electrons. The first-order valence-corrected chi connectivity index (χ1v) is 6.71. The third kappa shape index (κ3) is 3.12. The van der Waals surface area contributed by atoms with E-state index in [-0.39, 0.29) is 6.10 Å². The number of rotatable bonds is 3. The summed E-state index contributed by atoms with van der Waals surface area (Å²) in [5.41, 5.74) is 1.09. The Kier molecular flexibility index (Phi) is 4.50. The van der Waals surface area contributed by atoms with Gasteiger partial charge in [0.05, 0.1) is 17.7 Å². The van der Waals surface area contributed by atoms with E-state index in [1.807, 2.05) is 18.2 Å². The highest BCUT2D eigenvalue weighted by Gasteiger charge is 2.16. The molecule has 1 heterocycles. The van der Waals surface area contributed by atoms with Gasteiger partial charge in [0, 0.05) is 18.7 Å². The first-order valence-electron chi connectivity index (χ1n) is 5.38. The molecule has 0 N–H and O–H groups in total. The van der Waals surface area contributed by atoms with Crippen molar-refractivity contribution < 1.29 is 9.47 Å². The molecule has 2 nitrogen and oxygen atoms in total. The summed E-state index contributed by atoms with van der Waals surface area (Å²) >= 11 is 9.26. The van der Waals surface area contributed by atoms with Crippen LogP contribution in [0.5, 0.6) is 5.75 Å². The Bertz CT molecular complexity index is 351. The first-order chi connectivity index (χ1) is 7.79. The molecule has 0 aromatic heterocycles. The molecular weight excluding hydrogens is 291 g/mol. The van der Waals surface area contributed by atoms with E-state index < -0.39 is 0 Å². The third-order valence-electron chi connectivity index (χ3n) is 2.61. The van der Waals surface area contributed by atoms with Crippen molar-refractivity contribution in [1.82, 2.24) is 0 Å². The summed E-state index contributed by atoms with van der Waals surface area (Å²) < 4.78 is 12.2. The molecule has 1 aliphatic heterocycles. The van der Waals surface area contributed by atoms with Gasteiger partial charge in [-0.1, -0.05) is 6.07 Å². The van der Waals surface area contributed by atoms with Crippen molar-refractivity contribution in [2.45, 2.75) is 24.8 Å². The highest BCUT2D eigenvalue weighted by atomic mass is 79.9. The molecule has 1 fully saturated rings. The van der Waals surface area contributed by atoms with Gasteiger partial charge in [-0.15, -0.1) is 11.6 Å². The van der Waals surface area contributed by atoms with Crippen molar-refractivity contribution in [3.63, 3.8) is 0 Å². The standard InChI is InChI=1S/C12H14BrClO2/c13-11-7-9(8-14)1-2-12(11)16-10-3-5-15-6-4-10/h1-2,7,10H,3-6,8H2. The van der Waals surface area contributed by atoms with Crippen LogP contribution >= 0.6 is 27.5 Å². The number of hydrogen-bond acceptors (Lipinski definition) is 2. The molecule has 0 aliphatic carbocycles. The van der Waals surface area contributed by atoms with Crippen molar-refractivity contribution in [3.8, 4) is 5.75 Å². The highest BCUT2D eigenvalue weighted by Crippen LogP contribution is 2.29. The molecule has 1 aromatic rings. The Morgan fingerprint density at radius 2 is 2.12 bits per heavy atom. The maximum Gasteiger partial charge on any atom is 0.133 e. The Hall–Kier alpha value is -0.250. The van der Waals surface area contributed by atoms with Crippen LogP contribution < -0.4 is 4.74 Å². The summed E-state index contributed by atoms with van der Waals surface area (Å²) in [4.78, 5) is 0. The average Bonchev–Trinajstić information content (AvgIpc) is 2.33. The Morgan fingerprint density at radius 3 is 2.75 bits per heavy atom. The number of hydrogen-bond donors (Lipinski definition) is 0. The maximum absolute atomic E-state index is 5.92. The highest BCUT2D eigenvalue weighted by molar-refractivity contribution is 9.10. The van der Waals surface area contributed by atoms with Gasteiger partial charge in [-0.05, 0) is 33.6 Å². The summed E-state index contributed by atoms with van der Waals surface area (Å²) in [6.07, 6.45) is 2.19. The predicted molar refractivity (Wildman–Crippen MR) is 68.2 cm³/mol. The molecule has 1 aromatic carbocycles. The van der Waals surface area contributed by atoms with Gasteiger partial charge in [0.1, 0.15) is 11.9 Å². The second kappa shape index (κ2) is 5.89. The molecule has 4 heteroatoms. The minimum atomic E-state index is 0.270. The smallest absolute Gasteiger partial charge is 0.133 e. The van der Waals surface area contributed by atoms with E-state index in [9.17, 15) is 0 Å². The van der Waals surface area contributed by atoms with E-state index in [0.717, 1.165) is 41.8 Å². The predicted octanol–water partition coefficient (Wildman–Crippen LogP) is 3.75. The van der Waals surface area contributed by atoms with Crippen LogP contribution in [0.15, 0.2) is 22.7 Å².